The lowest BCUT2D eigenvalue weighted by molar-refractivity contribution is -0.876. The number of carbonyl (C=O) groups excluding carboxylic acids is 3. The van der Waals surface area contributed by atoms with Gasteiger partial charge in [-0.2, -0.15) is 0 Å². The fourth-order valence-corrected chi connectivity index (χ4v) is 4.43. The summed E-state index contributed by atoms with van der Waals surface area (Å²) in [6, 6.07) is -0.717. The molecule has 0 unspecified atom stereocenters. The van der Waals surface area contributed by atoms with Crippen molar-refractivity contribution in [2.45, 2.75) is 11.4 Å². The number of carbonyl (C=O) groups is 4. The molecule has 0 spiro atoms. The molecule has 4 N–H and O–H groups in total. The van der Waals surface area contributed by atoms with Crippen molar-refractivity contribution < 1.29 is 28.8 Å². The van der Waals surface area contributed by atoms with Crippen LogP contribution in [-0.4, -0.2) is 87.9 Å². The number of primary amides is 1. The molecular formula is C16H22BrN4O5S+. The third kappa shape index (κ3) is 4.90. The molecular weight excluding hydrogens is 440 g/mol. The number of aliphatic carboxylic acids is 1. The number of allylic oxidation sites excluding steroid dienone is 1. The molecule has 27 heavy (non-hydrogen) atoms. The molecule has 9 nitrogen and oxygen atoms in total. The van der Waals surface area contributed by atoms with Crippen LogP contribution in [-0.2, 0) is 19.2 Å². The van der Waals surface area contributed by atoms with Crippen molar-refractivity contribution in [1.29, 1.82) is 0 Å². The van der Waals surface area contributed by atoms with Crippen molar-refractivity contribution in [1.82, 2.24) is 10.2 Å². The number of hydrogen-bond donors (Lipinski definition) is 3. The Bertz CT molecular complexity index is 736. The second-order valence-corrected chi connectivity index (χ2v) is 8.58. The van der Waals surface area contributed by atoms with E-state index in [2.05, 4.69) is 21.2 Å². The molecule has 0 aromatic heterocycles. The lowest BCUT2D eigenvalue weighted by Gasteiger charge is -2.49. The standard InChI is InChI=1S/C16H21BrN4O5S/c1-21(2,7-10(18)22)5-3-4-9-8-27-15-12(19-11(23)6-17)14(24)20(15)13(9)16(25)26/h3-4,12,15H,5-8H2,1-2H3,(H3-,18,19,22,23,25,26)/p+1/t12-,15-/m1/s1. The van der Waals surface area contributed by atoms with Crippen molar-refractivity contribution in [3.05, 3.63) is 23.4 Å². The Morgan fingerprint density at radius 1 is 1.44 bits per heavy atom. The minimum atomic E-state index is -1.19. The van der Waals surface area contributed by atoms with Crippen molar-refractivity contribution in [3.63, 3.8) is 0 Å². The molecule has 1 fully saturated rings. The zero-order chi connectivity index (χ0) is 20.4. The summed E-state index contributed by atoms with van der Waals surface area (Å²) in [6.45, 7) is 0.636. The maximum absolute atomic E-state index is 12.4. The fourth-order valence-electron chi connectivity index (χ4n) is 2.95. The first-order chi connectivity index (χ1) is 12.6. The molecule has 0 aliphatic carbocycles. The summed E-state index contributed by atoms with van der Waals surface area (Å²) in [4.78, 5) is 47.9. The summed E-state index contributed by atoms with van der Waals surface area (Å²) in [7, 11) is 3.67. The minimum Gasteiger partial charge on any atom is -0.477 e. The minimum absolute atomic E-state index is 0.0652. The number of quaternary nitrogens is 1. The van der Waals surface area contributed by atoms with Crippen LogP contribution >= 0.6 is 27.7 Å². The monoisotopic (exact) mass is 461 g/mol. The number of fused-ring (bicyclic) bond motifs is 1. The van der Waals surface area contributed by atoms with E-state index in [-0.39, 0.29) is 23.5 Å². The third-order valence-electron chi connectivity index (χ3n) is 4.14. The van der Waals surface area contributed by atoms with E-state index < -0.39 is 29.2 Å². The maximum Gasteiger partial charge on any atom is 0.352 e. The lowest BCUT2D eigenvalue weighted by Crippen LogP contribution is -2.70. The van der Waals surface area contributed by atoms with Gasteiger partial charge in [-0.25, -0.2) is 4.79 Å². The zero-order valence-corrected chi connectivity index (χ0v) is 17.4. The molecule has 0 saturated carbocycles. The van der Waals surface area contributed by atoms with Crippen LogP contribution in [0.1, 0.15) is 0 Å². The first kappa shape index (κ1) is 21.5. The van der Waals surface area contributed by atoms with E-state index in [0.29, 0.717) is 22.4 Å². The van der Waals surface area contributed by atoms with E-state index in [1.54, 1.807) is 12.2 Å². The van der Waals surface area contributed by atoms with Crippen LogP contribution < -0.4 is 11.1 Å². The Morgan fingerprint density at radius 2 is 2.11 bits per heavy atom. The van der Waals surface area contributed by atoms with Crippen LogP contribution in [0.2, 0.25) is 0 Å². The highest BCUT2D eigenvalue weighted by molar-refractivity contribution is 9.09. The van der Waals surface area contributed by atoms with Gasteiger partial charge < -0.3 is 20.6 Å². The Morgan fingerprint density at radius 3 is 2.67 bits per heavy atom. The van der Waals surface area contributed by atoms with Gasteiger partial charge in [-0.1, -0.05) is 22.0 Å². The maximum atomic E-state index is 12.4. The highest BCUT2D eigenvalue weighted by atomic mass is 79.9. The smallest absolute Gasteiger partial charge is 0.352 e. The molecule has 0 aromatic carbocycles. The number of carboxylic acids is 1. The first-order valence-electron chi connectivity index (χ1n) is 8.10. The van der Waals surface area contributed by atoms with Crippen molar-refractivity contribution in [3.8, 4) is 0 Å². The predicted octanol–water partition coefficient (Wildman–Crippen LogP) is -0.762. The van der Waals surface area contributed by atoms with Gasteiger partial charge >= 0.3 is 5.97 Å². The SMILES string of the molecule is C[N+](C)(CC=CC1=C(C(=O)O)N2C(=O)[C@@H](NC(=O)CBr)[C@H]2SC1)CC(N)=O. The molecule has 148 valence electrons. The zero-order valence-electron chi connectivity index (χ0n) is 15.0. The molecule has 2 heterocycles. The Labute approximate surface area is 169 Å². The average molecular weight is 462 g/mol. The molecule has 0 radical (unpaired) electrons. The molecule has 1 saturated heterocycles. The van der Waals surface area contributed by atoms with Crippen molar-refractivity contribution in [2.24, 2.45) is 5.73 Å². The number of nitrogens with two attached hydrogens (primary N) is 1. The van der Waals surface area contributed by atoms with E-state index >= 15 is 0 Å². The highest BCUT2D eigenvalue weighted by Gasteiger charge is 2.53. The Balaban J connectivity index is 2.16. The number of hydrogen-bond acceptors (Lipinski definition) is 5. The van der Waals surface area contributed by atoms with Crippen LogP contribution in [0, 0.1) is 0 Å². The second-order valence-electron chi connectivity index (χ2n) is 6.91. The van der Waals surface area contributed by atoms with Crippen LogP contribution in [0.4, 0.5) is 0 Å². The molecule has 3 amide bonds. The van der Waals surface area contributed by atoms with Crippen LogP contribution in [0.5, 0.6) is 0 Å². The fraction of sp³-hybridized carbons (Fsp3) is 0.500. The van der Waals surface area contributed by atoms with E-state index in [0.717, 1.165) is 0 Å². The number of halogens is 1. The van der Waals surface area contributed by atoms with Crippen molar-refractivity contribution in [2.75, 3.05) is 38.3 Å². The average Bonchev–Trinajstić information content (AvgIpc) is 2.57. The number of carboxylic acid groups (broad SMARTS) is 1. The molecule has 2 rings (SSSR count). The molecule has 11 heteroatoms. The van der Waals surface area contributed by atoms with Crippen molar-refractivity contribution >= 4 is 51.4 Å². The number of amides is 3. The summed E-state index contributed by atoms with van der Waals surface area (Å²) >= 11 is 4.42. The third-order valence-corrected chi connectivity index (χ3v) is 5.95. The predicted molar refractivity (Wildman–Crippen MR) is 104 cm³/mol. The van der Waals surface area contributed by atoms with Crippen LogP contribution in [0.3, 0.4) is 0 Å². The number of nitrogens with zero attached hydrogens (tertiary/aromatic N) is 2. The Hall–Kier alpha value is -1.85. The van der Waals surface area contributed by atoms with Gasteiger partial charge in [0.05, 0.1) is 26.0 Å². The van der Waals surface area contributed by atoms with E-state index in [1.165, 1.54) is 16.7 Å². The second kappa shape index (κ2) is 8.44. The van der Waals surface area contributed by atoms with E-state index in [4.69, 9.17) is 5.73 Å². The summed E-state index contributed by atoms with van der Waals surface area (Å²) in [6.07, 6.45) is 3.45. The molecule has 2 aliphatic rings. The number of alkyl halides is 1. The number of rotatable bonds is 8. The van der Waals surface area contributed by atoms with Gasteiger partial charge in [0.25, 0.3) is 11.8 Å². The van der Waals surface area contributed by atoms with Gasteiger partial charge in [-0.15, -0.1) is 11.8 Å². The number of β-lactam (4-membered cyclic amide) rings is 1. The highest BCUT2D eigenvalue weighted by Crippen LogP contribution is 2.40. The summed E-state index contributed by atoms with van der Waals surface area (Å²) in [5.41, 5.74) is 5.67. The summed E-state index contributed by atoms with van der Waals surface area (Å²) < 4.78 is 0.334. The van der Waals surface area contributed by atoms with Gasteiger partial charge in [0.15, 0.2) is 6.54 Å². The number of nitrogens with one attached hydrogen (secondary N) is 1. The molecule has 2 atom stereocenters. The molecule has 0 bridgehead atoms. The van der Waals surface area contributed by atoms with E-state index in [1.807, 2.05) is 14.1 Å². The number of likely N-dealkylation sites (N-methyl/N-ethyl adjacent to an activating group) is 1. The van der Waals surface area contributed by atoms with Crippen LogP contribution in [0.25, 0.3) is 0 Å². The van der Waals surface area contributed by atoms with Gasteiger partial charge in [-0.05, 0) is 11.6 Å². The summed E-state index contributed by atoms with van der Waals surface area (Å²) in [5.74, 6) is -1.97. The van der Waals surface area contributed by atoms with E-state index in [9.17, 15) is 24.3 Å². The Kier molecular flexibility index (Phi) is 6.71. The largest absolute Gasteiger partial charge is 0.477 e. The topological polar surface area (TPSA) is 130 Å². The van der Waals surface area contributed by atoms with Gasteiger partial charge in [0.1, 0.15) is 17.1 Å². The normalized spacial score (nSPS) is 22.5. The lowest BCUT2D eigenvalue weighted by atomic mass is 10.0. The van der Waals surface area contributed by atoms with Gasteiger partial charge in [0, 0.05) is 5.75 Å². The quantitative estimate of drug-likeness (QED) is 0.247. The van der Waals surface area contributed by atoms with Gasteiger partial charge in [-0.3, -0.25) is 19.3 Å². The van der Waals surface area contributed by atoms with Gasteiger partial charge in [0.2, 0.25) is 5.91 Å². The molecule has 0 aromatic rings. The van der Waals surface area contributed by atoms with Crippen LogP contribution in [0.15, 0.2) is 23.4 Å². The molecule has 2 aliphatic heterocycles. The summed E-state index contributed by atoms with van der Waals surface area (Å²) in [5, 5.41) is 11.8. The first-order valence-corrected chi connectivity index (χ1v) is 10.3. The number of thioether (sulfide) groups is 1.